The van der Waals surface area contributed by atoms with Crippen molar-refractivity contribution in [3.63, 3.8) is 0 Å². The molecule has 120 valence electrons. The van der Waals surface area contributed by atoms with Crippen LogP contribution >= 0.6 is 0 Å². The standard InChI is InChI=1S/C17H36N2O/c1-12(2)18-14(4)15(20)19-17(8,9)11-13(3)10-16(5,6)7/h12-14,18H,10-11H2,1-9H3,(H,19,20)/t13?,14-/m0/s1. The largest absolute Gasteiger partial charge is 0.350 e. The number of carbonyl (C=O) groups is 1. The molecule has 0 aliphatic heterocycles. The lowest BCUT2D eigenvalue weighted by Crippen LogP contribution is -2.52. The molecular formula is C17H36N2O. The van der Waals surface area contributed by atoms with Crippen molar-refractivity contribution in [3.05, 3.63) is 0 Å². The maximum atomic E-state index is 12.2. The van der Waals surface area contributed by atoms with Crippen molar-refractivity contribution in [1.82, 2.24) is 10.6 Å². The van der Waals surface area contributed by atoms with Crippen LogP contribution in [0.1, 0.15) is 75.2 Å². The van der Waals surface area contributed by atoms with Crippen molar-refractivity contribution in [2.45, 2.75) is 92.8 Å². The first-order valence-corrected chi connectivity index (χ1v) is 7.90. The normalized spacial score (nSPS) is 16.1. The SMILES string of the molecule is CC(CC(C)(C)C)CC(C)(C)NC(=O)[C@H](C)NC(C)C. The van der Waals surface area contributed by atoms with Gasteiger partial charge in [-0.05, 0) is 44.9 Å². The van der Waals surface area contributed by atoms with E-state index in [1.54, 1.807) is 0 Å². The molecule has 0 fully saturated rings. The van der Waals surface area contributed by atoms with Crippen LogP contribution < -0.4 is 10.6 Å². The second-order valence-electron chi connectivity index (χ2n) is 8.49. The van der Waals surface area contributed by atoms with Gasteiger partial charge >= 0.3 is 0 Å². The third-order valence-electron chi connectivity index (χ3n) is 3.26. The maximum absolute atomic E-state index is 12.2. The van der Waals surface area contributed by atoms with E-state index in [1.165, 1.54) is 6.42 Å². The number of nitrogens with one attached hydrogen (secondary N) is 2. The Kier molecular flexibility index (Phi) is 7.23. The Bertz CT molecular complexity index is 303. The predicted octanol–water partition coefficient (Wildman–Crippen LogP) is 3.73. The molecular weight excluding hydrogens is 248 g/mol. The van der Waals surface area contributed by atoms with Crippen molar-refractivity contribution in [2.24, 2.45) is 11.3 Å². The second kappa shape index (κ2) is 7.44. The van der Waals surface area contributed by atoms with Crippen LogP contribution in [-0.2, 0) is 4.79 Å². The first-order valence-electron chi connectivity index (χ1n) is 7.90. The molecule has 2 atom stereocenters. The van der Waals surface area contributed by atoms with Gasteiger partial charge in [0.05, 0.1) is 6.04 Å². The smallest absolute Gasteiger partial charge is 0.237 e. The van der Waals surface area contributed by atoms with Crippen LogP contribution in [-0.4, -0.2) is 23.5 Å². The highest BCUT2D eigenvalue weighted by molar-refractivity contribution is 5.82. The van der Waals surface area contributed by atoms with Crippen LogP contribution in [0.15, 0.2) is 0 Å². The van der Waals surface area contributed by atoms with E-state index < -0.39 is 0 Å². The molecule has 0 aromatic carbocycles. The fourth-order valence-corrected chi connectivity index (χ4v) is 3.06. The van der Waals surface area contributed by atoms with Crippen molar-refractivity contribution < 1.29 is 4.79 Å². The Hall–Kier alpha value is -0.570. The highest BCUT2D eigenvalue weighted by atomic mass is 16.2. The summed E-state index contributed by atoms with van der Waals surface area (Å²) in [5, 5.41) is 6.42. The van der Waals surface area contributed by atoms with Crippen molar-refractivity contribution in [2.75, 3.05) is 0 Å². The van der Waals surface area contributed by atoms with Gasteiger partial charge in [0, 0.05) is 11.6 Å². The fraction of sp³-hybridized carbons (Fsp3) is 0.941. The topological polar surface area (TPSA) is 41.1 Å². The molecule has 3 nitrogen and oxygen atoms in total. The summed E-state index contributed by atoms with van der Waals surface area (Å²) in [7, 11) is 0. The van der Waals surface area contributed by atoms with E-state index in [0.717, 1.165) is 6.42 Å². The predicted molar refractivity (Wildman–Crippen MR) is 87.8 cm³/mol. The van der Waals surface area contributed by atoms with Gasteiger partial charge in [-0.25, -0.2) is 0 Å². The number of rotatable bonds is 7. The van der Waals surface area contributed by atoms with Gasteiger partial charge in [-0.1, -0.05) is 41.5 Å². The highest BCUT2D eigenvalue weighted by Crippen LogP contribution is 2.29. The molecule has 0 aromatic rings. The molecule has 0 spiro atoms. The summed E-state index contributed by atoms with van der Waals surface area (Å²) in [5.74, 6) is 0.685. The number of hydrogen-bond acceptors (Lipinski definition) is 2. The van der Waals surface area contributed by atoms with Crippen LogP contribution in [0.2, 0.25) is 0 Å². The van der Waals surface area contributed by atoms with Crippen molar-refractivity contribution in [1.29, 1.82) is 0 Å². The van der Waals surface area contributed by atoms with Gasteiger partial charge in [0.1, 0.15) is 0 Å². The monoisotopic (exact) mass is 284 g/mol. The van der Waals surface area contributed by atoms with Crippen LogP contribution in [0.4, 0.5) is 0 Å². The third-order valence-corrected chi connectivity index (χ3v) is 3.26. The molecule has 0 aromatic heterocycles. The molecule has 0 heterocycles. The molecule has 0 aliphatic carbocycles. The third kappa shape index (κ3) is 9.35. The molecule has 0 saturated carbocycles. The van der Waals surface area contributed by atoms with E-state index in [-0.39, 0.29) is 17.5 Å². The quantitative estimate of drug-likeness (QED) is 0.748. The van der Waals surface area contributed by atoms with Crippen LogP contribution in [0.5, 0.6) is 0 Å². The van der Waals surface area contributed by atoms with E-state index in [0.29, 0.717) is 17.4 Å². The molecule has 0 aliphatic rings. The van der Waals surface area contributed by atoms with Gasteiger partial charge in [0.25, 0.3) is 0 Å². The Morgan fingerprint density at radius 2 is 1.45 bits per heavy atom. The minimum atomic E-state index is -0.158. The zero-order valence-corrected chi connectivity index (χ0v) is 15.1. The molecule has 0 saturated heterocycles. The number of amides is 1. The van der Waals surface area contributed by atoms with Crippen LogP contribution in [0.25, 0.3) is 0 Å². The van der Waals surface area contributed by atoms with Crippen LogP contribution in [0.3, 0.4) is 0 Å². The highest BCUT2D eigenvalue weighted by Gasteiger charge is 2.27. The summed E-state index contributed by atoms with van der Waals surface area (Å²) >= 11 is 0. The Morgan fingerprint density at radius 1 is 0.950 bits per heavy atom. The summed E-state index contributed by atoms with van der Waals surface area (Å²) in [5.41, 5.74) is 0.181. The van der Waals surface area contributed by atoms with E-state index in [1.807, 2.05) is 6.92 Å². The minimum Gasteiger partial charge on any atom is -0.350 e. The van der Waals surface area contributed by atoms with Gasteiger partial charge in [0.15, 0.2) is 0 Å². The average molecular weight is 284 g/mol. The Balaban J connectivity index is 4.40. The van der Waals surface area contributed by atoms with Gasteiger partial charge in [0.2, 0.25) is 5.91 Å². The van der Waals surface area contributed by atoms with Crippen LogP contribution in [0, 0.1) is 11.3 Å². The summed E-state index contributed by atoms with van der Waals surface area (Å²) in [6.45, 7) is 19.3. The minimum absolute atomic E-state index is 0.0895. The Labute approximate surface area is 126 Å². The lowest BCUT2D eigenvalue weighted by molar-refractivity contribution is -0.124. The molecule has 0 radical (unpaired) electrons. The second-order valence-corrected chi connectivity index (χ2v) is 8.49. The van der Waals surface area contributed by atoms with E-state index in [9.17, 15) is 4.79 Å². The zero-order valence-electron chi connectivity index (χ0n) is 15.1. The van der Waals surface area contributed by atoms with Gasteiger partial charge in [-0.2, -0.15) is 0 Å². The lowest BCUT2D eigenvalue weighted by atomic mass is 9.80. The summed E-state index contributed by atoms with van der Waals surface area (Å²) in [6.07, 6.45) is 2.18. The summed E-state index contributed by atoms with van der Waals surface area (Å²) < 4.78 is 0. The average Bonchev–Trinajstić information content (AvgIpc) is 2.10. The molecule has 1 amide bonds. The molecule has 20 heavy (non-hydrogen) atoms. The first-order chi connectivity index (χ1) is 8.82. The summed E-state index contributed by atoms with van der Waals surface area (Å²) in [4.78, 5) is 12.2. The molecule has 1 unspecified atom stereocenters. The molecule has 2 N–H and O–H groups in total. The number of hydrogen-bond donors (Lipinski definition) is 2. The Morgan fingerprint density at radius 3 is 1.85 bits per heavy atom. The van der Waals surface area contributed by atoms with Gasteiger partial charge in [-0.3, -0.25) is 4.79 Å². The van der Waals surface area contributed by atoms with E-state index in [4.69, 9.17) is 0 Å². The van der Waals surface area contributed by atoms with Crippen molar-refractivity contribution in [3.8, 4) is 0 Å². The lowest BCUT2D eigenvalue weighted by Gasteiger charge is -2.33. The van der Waals surface area contributed by atoms with Crippen molar-refractivity contribution >= 4 is 5.91 Å². The molecule has 0 rings (SSSR count). The molecule has 0 bridgehead atoms. The number of carbonyl (C=O) groups excluding carboxylic acids is 1. The fourth-order valence-electron chi connectivity index (χ4n) is 3.06. The summed E-state index contributed by atoms with van der Waals surface area (Å²) in [6, 6.07) is 0.172. The van der Waals surface area contributed by atoms with Gasteiger partial charge < -0.3 is 10.6 Å². The zero-order chi connectivity index (χ0) is 16.1. The van der Waals surface area contributed by atoms with E-state index >= 15 is 0 Å². The van der Waals surface area contributed by atoms with Gasteiger partial charge in [-0.15, -0.1) is 0 Å². The first kappa shape index (κ1) is 19.4. The van der Waals surface area contributed by atoms with E-state index in [2.05, 4.69) is 66.0 Å². The maximum Gasteiger partial charge on any atom is 0.237 e. The molecule has 3 heteroatoms.